The lowest BCUT2D eigenvalue weighted by molar-refractivity contribution is -0.0366. The highest BCUT2D eigenvalue weighted by atomic mass is 35.5. The van der Waals surface area contributed by atoms with Crippen LogP contribution in [0.5, 0.6) is 17.2 Å². The predicted octanol–water partition coefficient (Wildman–Crippen LogP) is 8.43. The van der Waals surface area contributed by atoms with Gasteiger partial charge in [0.25, 0.3) is 5.92 Å². The first-order valence-corrected chi connectivity index (χ1v) is 14.5. The molecule has 5 aromatic rings. The van der Waals surface area contributed by atoms with Crippen molar-refractivity contribution in [3.8, 4) is 27.7 Å². The van der Waals surface area contributed by atoms with Crippen molar-refractivity contribution in [2.45, 2.75) is 44.4 Å². The lowest BCUT2D eigenvalue weighted by Gasteiger charge is -2.27. The Hall–Kier alpha value is -3.31. The second-order valence-electron chi connectivity index (χ2n) is 10.6. The van der Waals surface area contributed by atoms with E-state index in [0.29, 0.717) is 23.0 Å². The molecular formula is C31H29ClF3N3O3S. The van der Waals surface area contributed by atoms with Crippen LogP contribution in [-0.4, -0.2) is 35.6 Å². The molecular weight excluding hydrogens is 587 g/mol. The van der Waals surface area contributed by atoms with E-state index >= 15 is 0 Å². The van der Waals surface area contributed by atoms with Crippen LogP contribution in [-0.2, 0) is 10.7 Å². The molecule has 1 unspecified atom stereocenters. The van der Waals surface area contributed by atoms with Gasteiger partial charge in [-0.05, 0) is 67.8 Å². The normalized spacial score (nSPS) is 17.7. The van der Waals surface area contributed by atoms with Crippen molar-refractivity contribution in [3.05, 3.63) is 72.2 Å². The molecule has 4 heterocycles. The van der Waals surface area contributed by atoms with Crippen LogP contribution in [0.25, 0.3) is 31.4 Å². The van der Waals surface area contributed by atoms with Gasteiger partial charge in [0, 0.05) is 53.2 Å². The van der Waals surface area contributed by atoms with Crippen molar-refractivity contribution in [2.24, 2.45) is 0 Å². The minimum absolute atomic E-state index is 0. The average molecular weight is 616 g/mol. The molecule has 0 amide bonds. The van der Waals surface area contributed by atoms with Crippen LogP contribution >= 0.6 is 23.7 Å². The highest BCUT2D eigenvalue weighted by molar-refractivity contribution is 7.23. The van der Waals surface area contributed by atoms with Crippen LogP contribution in [0.4, 0.5) is 13.2 Å². The fraction of sp³-hybridized carbons (Fsp3) is 0.323. The molecule has 7 rings (SSSR count). The first-order chi connectivity index (χ1) is 19.8. The van der Waals surface area contributed by atoms with Gasteiger partial charge in [0.1, 0.15) is 23.4 Å². The molecule has 11 heteroatoms. The van der Waals surface area contributed by atoms with E-state index in [-0.39, 0.29) is 30.3 Å². The first kappa shape index (κ1) is 28.8. The second kappa shape index (κ2) is 11.4. The van der Waals surface area contributed by atoms with Gasteiger partial charge in [0.05, 0.1) is 16.6 Å². The Morgan fingerprint density at radius 1 is 1.02 bits per heavy atom. The molecule has 0 aliphatic carbocycles. The summed E-state index contributed by atoms with van der Waals surface area (Å²) in [4.78, 5) is 0.492. The maximum atomic E-state index is 14.8. The Morgan fingerprint density at radius 3 is 2.50 bits per heavy atom. The molecule has 42 heavy (non-hydrogen) atoms. The van der Waals surface area contributed by atoms with Crippen LogP contribution in [0.3, 0.4) is 0 Å². The number of hydrogen-bond acceptors (Lipinski definition) is 6. The van der Waals surface area contributed by atoms with E-state index in [1.165, 1.54) is 23.5 Å². The zero-order valence-electron chi connectivity index (χ0n) is 22.7. The molecule has 2 saturated heterocycles. The van der Waals surface area contributed by atoms with Gasteiger partial charge in [-0.1, -0.05) is 6.07 Å². The fourth-order valence-corrected chi connectivity index (χ4v) is 6.67. The highest BCUT2D eigenvalue weighted by Gasteiger charge is 2.32. The van der Waals surface area contributed by atoms with E-state index in [1.807, 2.05) is 28.9 Å². The third-order valence-corrected chi connectivity index (χ3v) is 8.86. The summed E-state index contributed by atoms with van der Waals surface area (Å²) in [7, 11) is 0. The van der Waals surface area contributed by atoms with Crippen molar-refractivity contribution in [1.29, 1.82) is 0 Å². The highest BCUT2D eigenvalue weighted by Crippen LogP contribution is 2.51. The summed E-state index contributed by atoms with van der Waals surface area (Å²) in [6, 6.07) is 14.7. The molecule has 1 N–H and O–H groups in total. The summed E-state index contributed by atoms with van der Waals surface area (Å²) in [5, 5.41) is 9.46. The number of rotatable bonds is 7. The third kappa shape index (κ3) is 5.32. The number of nitrogens with zero attached hydrogens (tertiary/aromatic N) is 2. The molecule has 2 aliphatic heterocycles. The predicted molar refractivity (Wildman–Crippen MR) is 160 cm³/mol. The van der Waals surface area contributed by atoms with E-state index < -0.39 is 17.3 Å². The van der Waals surface area contributed by atoms with E-state index in [4.69, 9.17) is 14.2 Å². The molecule has 2 fully saturated rings. The Labute approximate surface area is 250 Å². The number of fused-ring (bicyclic) bond motifs is 3. The molecule has 3 aromatic carbocycles. The summed E-state index contributed by atoms with van der Waals surface area (Å²) in [6.45, 7) is 3.09. The summed E-state index contributed by atoms with van der Waals surface area (Å²) in [5.41, 5.74) is 0.730. The minimum Gasteiger partial charge on any atom is -0.488 e. The first-order valence-electron chi connectivity index (χ1n) is 13.7. The van der Waals surface area contributed by atoms with Gasteiger partial charge < -0.3 is 19.5 Å². The number of alkyl halides is 2. The Bertz CT molecular complexity index is 1730. The quantitative estimate of drug-likeness (QED) is 0.199. The Kier molecular flexibility index (Phi) is 7.82. The number of halogens is 4. The fourth-order valence-electron chi connectivity index (χ4n) is 5.40. The van der Waals surface area contributed by atoms with Crippen LogP contribution in [0.15, 0.2) is 60.8 Å². The van der Waals surface area contributed by atoms with Crippen LogP contribution < -0.4 is 14.8 Å². The van der Waals surface area contributed by atoms with Gasteiger partial charge in [0.2, 0.25) is 0 Å². The monoisotopic (exact) mass is 615 g/mol. The molecule has 2 aliphatic rings. The van der Waals surface area contributed by atoms with E-state index in [2.05, 4.69) is 10.4 Å². The topological polar surface area (TPSA) is 57.5 Å². The van der Waals surface area contributed by atoms with Gasteiger partial charge in [-0.3, -0.25) is 0 Å². The van der Waals surface area contributed by atoms with E-state index in [9.17, 15) is 13.2 Å². The largest absolute Gasteiger partial charge is 0.488 e. The second-order valence-corrected chi connectivity index (χ2v) is 11.6. The van der Waals surface area contributed by atoms with Gasteiger partial charge in [-0.2, -0.15) is 5.10 Å². The number of nitrogens with one attached hydrogen (secondary N) is 1. The molecule has 2 aromatic heterocycles. The number of hydrogen-bond donors (Lipinski definition) is 1. The van der Waals surface area contributed by atoms with E-state index in [1.54, 1.807) is 18.3 Å². The van der Waals surface area contributed by atoms with Crippen molar-refractivity contribution in [2.75, 3.05) is 19.7 Å². The lowest BCUT2D eigenvalue weighted by Crippen LogP contribution is -2.50. The molecule has 0 spiro atoms. The number of benzene rings is 3. The Balaban J connectivity index is 0.00000316. The van der Waals surface area contributed by atoms with Gasteiger partial charge in [-0.25, -0.2) is 17.9 Å². The van der Waals surface area contributed by atoms with Crippen molar-refractivity contribution in [3.63, 3.8) is 0 Å². The zero-order chi connectivity index (χ0) is 28.1. The maximum Gasteiger partial charge on any atom is 0.271 e. The zero-order valence-corrected chi connectivity index (χ0v) is 24.4. The van der Waals surface area contributed by atoms with Gasteiger partial charge in [-0.15, -0.1) is 23.7 Å². The smallest absolute Gasteiger partial charge is 0.271 e. The molecule has 220 valence electrons. The standard InChI is InChI=1S/C31H28F3N3O3S.ClH/c1-31(33,34)25-14-18(32)5-10-22(25)30-28(40-20-8-6-19(7-9-20)39-21-15-35-16-21)23-11-12-26-24(29(23)41-30)17-36-37(26)27-4-2-3-13-38-27;/h5-12,14,17,21,27,35H,2-4,13,15-16H2,1H3;1H. The summed E-state index contributed by atoms with van der Waals surface area (Å²) < 4.78 is 64.8. The van der Waals surface area contributed by atoms with Crippen molar-refractivity contribution in [1.82, 2.24) is 15.1 Å². The SMILES string of the molecule is CC(F)(F)c1cc(F)ccc1-c1sc2c(ccc3c2cnn3C2CCCCO2)c1Oc1ccc(OC2CNC2)cc1.Cl. The Morgan fingerprint density at radius 2 is 1.81 bits per heavy atom. The molecule has 0 radical (unpaired) electrons. The minimum atomic E-state index is -3.27. The third-order valence-electron chi connectivity index (χ3n) is 7.60. The van der Waals surface area contributed by atoms with Crippen molar-refractivity contribution >= 4 is 44.7 Å². The lowest BCUT2D eigenvalue weighted by atomic mass is 10.00. The van der Waals surface area contributed by atoms with Crippen LogP contribution in [0.2, 0.25) is 0 Å². The van der Waals surface area contributed by atoms with Crippen LogP contribution in [0, 0.1) is 5.82 Å². The molecule has 0 bridgehead atoms. The summed E-state index contributed by atoms with van der Waals surface area (Å²) in [6.07, 6.45) is 4.76. The average Bonchev–Trinajstić information content (AvgIpc) is 3.53. The number of thiophene rings is 1. The van der Waals surface area contributed by atoms with E-state index in [0.717, 1.165) is 72.1 Å². The van der Waals surface area contributed by atoms with Gasteiger partial charge in [0.15, 0.2) is 12.0 Å². The number of aromatic nitrogens is 2. The van der Waals surface area contributed by atoms with Gasteiger partial charge >= 0.3 is 0 Å². The summed E-state index contributed by atoms with van der Waals surface area (Å²) >= 11 is 1.34. The summed E-state index contributed by atoms with van der Waals surface area (Å²) in [5.74, 6) is -2.29. The molecule has 0 saturated carbocycles. The van der Waals surface area contributed by atoms with Crippen molar-refractivity contribution < 1.29 is 27.4 Å². The molecule has 1 atom stereocenters. The van der Waals surface area contributed by atoms with Crippen LogP contribution in [0.1, 0.15) is 38.0 Å². The maximum absolute atomic E-state index is 14.8. The number of ether oxygens (including phenoxy) is 3. The molecule has 6 nitrogen and oxygen atoms in total.